The largest absolute Gasteiger partial charge is 0.491 e. The predicted octanol–water partition coefficient (Wildman–Crippen LogP) is 4.55. The van der Waals surface area contributed by atoms with Gasteiger partial charge < -0.3 is 9.84 Å². The van der Waals surface area contributed by atoms with Crippen molar-refractivity contribution in [3.63, 3.8) is 0 Å². The minimum absolute atomic E-state index is 0.108. The lowest BCUT2D eigenvalue weighted by molar-refractivity contribution is -0.141. The third kappa shape index (κ3) is 4.20. The van der Waals surface area contributed by atoms with E-state index in [2.05, 4.69) is 6.08 Å². The maximum atomic E-state index is 14.4. The lowest BCUT2D eigenvalue weighted by Gasteiger charge is -2.49. The number of benzene rings is 2. The molecule has 0 radical (unpaired) electrons. The minimum atomic E-state index is -1.09. The van der Waals surface area contributed by atoms with Gasteiger partial charge in [-0.05, 0) is 67.0 Å². The van der Waals surface area contributed by atoms with Crippen LogP contribution in [0.15, 0.2) is 83.8 Å². The normalized spacial score (nSPS) is 29.8. The van der Waals surface area contributed by atoms with Gasteiger partial charge in [-0.3, -0.25) is 24.1 Å². The number of anilines is 1. The second kappa shape index (κ2) is 10.6. The van der Waals surface area contributed by atoms with E-state index in [9.17, 15) is 19.2 Å². The van der Waals surface area contributed by atoms with E-state index in [1.54, 1.807) is 24.3 Å². The highest BCUT2D eigenvalue weighted by atomic mass is 32.1. The number of aliphatic hydroxyl groups is 1. The van der Waals surface area contributed by atoms with Crippen LogP contribution >= 0.6 is 11.3 Å². The van der Waals surface area contributed by atoms with Crippen LogP contribution in [-0.4, -0.2) is 46.8 Å². The molecule has 2 aromatic carbocycles. The van der Waals surface area contributed by atoms with Crippen LogP contribution in [0.1, 0.15) is 36.1 Å². The van der Waals surface area contributed by atoms with E-state index >= 15 is 0 Å². The number of hydrogen-bond donors (Lipinski definition) is 1. The number of para-hydroxylation sites is 1. The number of ether oxygens (including phenoxy) is 1. The number of rotatable bonds is 7. The van der Waals surface area contributed by atoms with Gasteiger partial charge in [-0.2, -0.15) is 0 Å². The first-order valence-corrected chi connectivity index (χ1v) is 15.6. The van der Waals surface area contributed by atoms with Gasteiger partial charge >= 0.3 is 0 Å². The van der Waals surface area contributed by atoms with E-state index in [0.717, 1.165) is 16.0 Å². The Morgan fingerprint density at radius 2 is 1.70 bits per heavy atom. The standard InChI is InChI=1S/C34H32N2O6S/c1-34-27(31(39)36(33(34)41)21-6-3-2-4-7-21)18-26-24(29(34)20-9-11-22(12-10-20)42-16-15-37)13-14-25-28(26)32(40)35(30(25)38)19-23-8-5-17-43-23/h2-13,17,25-29,37H,14-16,18-19H2,1H3/t25-,26+,27-,28-,29-,34+/m0/s1. The van der Waals surface area contributed by atoms with Crippen molar-refractivity contribution in [3.8, 4) is 5.75 Å². The number of aliphatic hydroxyl groups excluding tert-OH is 1. The Bertz CT molecular complexity index is 1620. The predicted molar refractivity (Wildman–Crippen MR) is 160 cm³/mol. The van der Waals surface area contributed by atoms with Crippen LogP contribution in [-0.2, 0) is 25.7 Å². The summed E-state index contributed by atoms with van der Waals surface area (Å²) in [4.78, 5) is 59.8. The van der Waals surface area contributed by atoms with Gasteiger partial charge in [0.25, 0.3) is 0 Å². The third-order valence-electron chi connectivity index (χ3n) is 9.85. The van der Waals surface area contributed by atoms with Crippen LogP contribution < -0.4 is 9.64 Å². The van der Waals surface area contributed by atoms with Gasteiger partial charge in [0.15, 0.2) is 0 Å². The molecule has 3 heterocycles. The summed E-state index contributed by atoms with van der Waals surface area (Å²) in [7, 11) is 0. The van der Waals surface area contributed by atoms with Crippen LogP contribution in [0.25, 0.3) is 0 Å². The summed E-state index contributed by atoms with van der Waals surface area (Å²) in [5, 5.41) is 11.1. The van der Waals surface area contributed by atoms with Gasteiger partial charge in [-0.15, -0.1) is 11.3 Å². The van der Waals surface area contributed by atoms with Crippen molar-refractivity contribution in [2.24, 2.45) is 29.1 Å². The molecule has 9 heteroatoms. The average molecular weight is 597 g/mol. The number of thiophene rings is 1. The molecular weight excluding hydrogens is 564 g/mol. The summed E-state index contributed by atoms with van der Waals surface area (Å²) in [5.74, 6) is -2.80. The average Bonchev–Trinajstić information content (AvgIpc) is 3.68. The lowest BCUT2D eigenvalue weighted by Crippen LogP contribution is -2.48. The topological polar surface area (TPSA) is 104 Å². The first kappa shape index (κ1) is 27.7. The molecule has 43 heavy (non-hydrogen) atoms. The summed E-state index contributed by atoms with van der Waals surface area (Å²) in [6, 6.07) is 20.2. The van der Waals surface area contributed by atoms with E-state index in [4.69, 9.17) is 9.84 Å². The molecule has 3 aromatic rings. The molecule has 0 spiro atoms. The molecule has 1 aromatic heterocycles. The summed E-state index contributed by atoms with van der Waals surface area (Å²) >= 11 is 1.51. The molecule has 2 aliphatic carbocycles. The van der Waals surface area contributed by atoms with Gasteiger partial charge in [-0.1, -0.05) is 48.0 Å². The second-order valence-corrected chi connectivity index (χ2v) is 13.0. The first-order chi connectivity index (χ1) is 20.8. The molecule has 1 N–H and O–H groups in total. The van der Waals surface area contributed by atoms with Gasteiger partial charge in [-0.25, -0.2) is 4.90 Å². The van der Waals surface area contributed by atoms with E-state index in [0.29, 0.717) is 24.3 Å². The second-order valence-electron chi connectivity index (χ2n) is 12.0. The van der Waals surface area contributed by atoms with E-state index in [1.165, 1.54) is 21.1 Å². The Labute approximate surface area is 253 Å². The number of carbonyl (C=O) groups is 4. The highest BCUT2D eigenvalue weighted by Crippen LogP contribution is 2.63. The van der Waals surface area contributed by atoms with Gasteiger partial charge in [0.2, 0.25) is 23.6 Å². The van der Waals surface area contributed by atoms with Crippen molar-refractivity contribution in [1.82, 2.24) is 4.90 Å². The van der Waals surface area contributed by atoms with Crippen LogP contribution in [0.5, 0.6) is 5.75 Å². The maximum Gasteiger partial charge on any atom is 0.241 e. The van der Waals surface area contributed by atoms with Gasteiger partial charge in [0.1, 0.15) is 12.4 Å². The van der Waals surface area contributed by atoms with Gasteiger partial charge in [0, 0.05) is 10.8 Å². The molecule has 2 aliphatic heterocycles. The number of hydrogen-bond acceptors (Lipinski definition) is 7. The highest BCUT2D eigenvalue weighted by molar-refractivity contribution is 7.09. The Hall–Kier alpha value is -4.08. The van der Waals surface area contributed by atoms with Crippen molar-refractivity contribution < 1.29 is 29.0 Å². The summed E-state index contributed by atoms with van der Waals surface area (Å²) in [5.41, 5.74) is 1.25. The number of amides is 4. The number of carbonyl (C=O) groups excluding carboxylic acids is 4. The number of allylic oxidation sites excluding steroid dienone is 2. The van der Waals surface area contributed by atoms with Crippen LogP contribution in [0.3, 0.4) is 0 Å². The molecular formula is C34H32N2O6S. The molecule has 6 atom stereocenters. The molecule has 2 saturated heterocycles. The van der Waals surface area contributed by atoms with Crippen molar-refractivity contribution >= 4 is 40.7 Å². The van der Waals surface area contributed by atoms with E-state index in [1.807, 2.05) is 54.8 Å². The van der Waals surface area contributed by atoms with Crippen LogP contribution in [0.2, 0.25) is 0 Å². The number of imide groups is 2. The molecule has 0 unspecified atom stereocenters. The summed E-state index contributed by atoms with van der Waals surface area (Å²) in [6.07, 6.45) is 2.82. The fraction of sp³-hybridized carbons (Fsp3) is 0.353. The highest BCUT2D eigenvalue weighted by Gasteiger charge is 2.67. The van der Waals surface area contributed by atoms with Crippen molar-refractivity contribution in [2.75, 3.05) is 18.1 Å². The molecule has 7 rings (SSSR count). The third-order valence-corrected chi connectivity index (χ3v) is 10.7. The fourth-order valence-corrected chi connectivity index (χ4v) is 8.61. The maximum absolute atomic E-state index is 14.4. The zero-order valence-corrected chi connectivity index (χ0v) is 24.5. The molecule has 4 amide bonds. The van der Waals surface area contributed by atoms with Crippen molar-refractivity contribution in [1.29, 1.82) is 0 Å². The Morgan fingerprint density at radius 1 is 0.930 bits per heavy atom. The quantitative estimate of drug-likeness (QED) is 0.317. The van der Waals surface area contributed by atoms with Crippen molar-refractivity contribution in [3.05, 3.63) is 94.2 Å². The van der Waals surface area contributed by atoms with Crippen LogP contribution in [0.4, 0.5) is 5.69 Å². The van der Waals surface area contributed by atoms with Crippen LogP contribution in [0, 0.1) is 29.1 Å². The number of likely N-dealkylation sites (tertiary alicyclic amines) is 1. The Morgan fingerprint density at radius 3 is 2.40 bits per heavy atom. The zero-order chi connectivity index (χ0) is 29.9. The van der Waals surface area contributed by atoms with E-state index in [-0.39, 0.29) is 49.3 Å². The SMILES string of the molecule is C[C@@]12C(=O)N(c3ccccc3)C(=O)[C@@H]1C[C@@H]1C(=CC[C@@H]3C(=O)N(Cc4cccs4)C(=O)[C@@H]31)[C@@H]2c1ccc(OCCO)cc1. The Kier molecular flexibility index (Phi) is 6.82. The smallest absolute Gasteiger partial charge is 0.241 e. The number of nitrogens with zero attached hydrogens (tertiary/aromatic N) is 2. The molecule has 0 bridgehead atoms. The summed E-state index contributed by atoms with van der Waals surface area (Å²) in [6.45, 7) is 2.19. The molecule has 4 aliphatic rings. The molecule has 220 valence electrons. The fourth-order valence-electron chi connectivity index (χ4n) is 7.92. The molecule has 8 nitrogen and oxygen atoms in total. The van der Waals surface area contributed by atoms with Gasteiger partial charge in [0.05, 0.1) is 42.0 Å². The first-order valence-electron chi connectivity index (χ1n) is 14.7. The lowest BCUT2D eigenvalue weighted by atomic mass is 9.51. The number of fused-ring (bicyclic) bond motifs is 4. The Balaban J connectivity index is 1.32. The van der Waals surface area contributed by atoms with Crippen molar-refractivity contribution in [2.45, 2.75) is 32.2 Å². The molecule has 1 saturated carbocycles. The monoisotopic (exact) mass is 596 g/mol. The minimum Gasteiger partial charge on any atom is -0.491 e. The zero-order valence-electron chi connectivity index (χ0n) is 23.7. The van der Waals surface area contributed by atoms with E-state index < -0.39 is 29.1 Å². The summed E-state index contributed by atoms with van der Waals surface area (Å²) < 4.78 is 5.59. The molecule has 3 fully saturated rings.